The fourth-order valence-corrected chi connectivity index (χ4v) is 4.96. The van der Waals surface area contributed by atoms with E-state index in [1.165, 1.54) is 10.2 Å². The molecule has 0 aliphatic rings. The lowest BCUT2D eigenvalue weighted by Crippen LogP contribution is -2.32. The second kappa shape index (κ2) is 10.9. The number of fused-ring (bicyclic) bond motifs is 1. The van der Waals surface area contributed by atoms with Crippen LogP contribution in [-0.4, -0.2) is 42.7 Å². The number of carbonyl (C=O) groups excluding carboxylic acids is 1. The van der Waals surface area contributed by atoms with Crippen LogP contribution in [-0.2, 0) is 29.2 Å². The average Bonchev–Trinajstić information content (AvgIpc) is 3.49. The molecule has 0 saturated carbocycles. The summed E-state index contributed by atoms with van der Waals surface area (Å²) in [6.07, 6.45) is 0.693. The highest BCUT2D eigenvalue weighted by Crippen LogP contribution is 2.28. The van der Waals surface area contributed by atoms with Gasteiger partial charge in [0.25, 0.3) is 5.56 Å². The fraction of sp³-hybridized carbons (Fsp3) is 0.400. The number of aromatic amines is 1. The van der Waals surface area contributed by atoms with Gasteiger partial charge in [-0.25, -0.2) is 4.68 Å². The number of rotatable bonds is 10. The molecule has 1 atom stereocenters. The molecular formula is C25H30N6O3S. The minimum Gasteiger partial charge on any atom is -0.465 e. The molecule has 10 heteroatoms. The first-order valence-electron chi connectivity index (χ1n) is 11.7. The van der Waals surface area contributed by atoms with Gasteiger partial charge in [-0.2, -0.15) is 0 Å². The van der Waals surface area contributed by atoms with E-state index in [0.29, 0.717) is 37.5 Å². The number of nitrogens with one attached hydrogen (secondary N) is 1. The predicted octanol–water partition coefficient (Wildman–Crippen LogP) is 3.91. The first-order chi connectivity index (χ1) is 16.9. The molecule has 0 aliphatic heterocycles. The van der Waals surface area contributed by atoms with Crippen molar-refractivity contribution in [3.8, 4) is 0 Å². The molecule has 0 fully saturated rings. The molecule has 0 aliphatic carbocycles. The lowest BCUT2D eigenvalue weighted by atomic mass is 10.0. The Morgan fingerprint density at radius 2 is 2.00 bits per heavy atom. The maximum absolute atomic E-state index is 13.1. The lowest BCUT2D eigenvalue weighted by molar-refractivity contribution is -0.144. The standard InChI is InChI=1S/C25H30N6O3S/c1-5-22(24-27-28-29-31(24)15-23(32)34-6-2)30(14-20-8-7-9-35-20)13-19-12-18-10-16(3)17(4)11-21(18)26-25(19)33/h7-12,22H,5-6,13-15H2,1-4H3,(H,26,33)/t22-/m1/s1. The Labute approximate surface area is 207 Å². The zero-order valence-corrected chi connectivity index (χ0v) is 21.3. The van der Waals surface area contributed by atoms with E-state index in [-0.39, 0.29) is 18.1 Å². The molecular weight excluding hydrogens is 464 g/mol. The molecule has 1 N–H and O–H groups in total. The number of nitrogens with zero attached hydrogens (tertiary/aromatic N) is 5. The highest BCUT2D eigenvalue weighted by molar-refractivity contribution is 7.09. The minimum absolute atomic E-state index is 0.0608. The first kappa shape index (κ1) is 24.7. The average molecular weight is 495 g/mol. The molecule has 1 aromatic carbocycles. The molecule has 4 rings (SSSR count). The van der Waals surface area contributed by atoms with Gasteiger partial charge in [0.15, 0.2) is 5.82 Å². The zero-order valence-electron chi connectivity index (χ0n) is 20.4. The zero-order chi connectivity index (χ0) is 24.9. The number of thiophene rings is 1. The predicted molar refractivity (Wildman–Crippen MR) is 135 cm³/mol. The van der Waals surface area contributed by atoms with E-state index in [1.54, 1.807) is 18.3 Å². The molecule has 3 aromatic heterocycles. The van der Waals surface area contributed by atoms with E-state index in [2.05, 4.69) is 44.5 Å². The van der Waals surface area contributed by atoms with E-state index in [4.69, 9.17) is 4.74 Å². The molecule has 0 bridgehead atoms. The topological polar surface area (TPSA) is 106 Å². The molecule has 0 saturated heterocycles. The number of hydrogen-bond donors (Lipinski definition) is 1. The number of tetrazole rings is 1. The molecule has 3 heterocycles. The van der Waals surface area contributed by atoms with Crippen LogP contribution in [0.1, 0.15) is 53.7 Å². The number of aryl methyl sites for hydroxylation is 2. The van der Waals surface area contributed by atoms with Crippen molar-refractivity contribution in [1.29, 1.82) is 0 Å². The largest absolute Gasteiger partial charge is 0.465 e. The van der Waals surface area contributed by atoms with Gasteiger partial charge in [-0.15, -0.1) is 16.4 Å². The summed E-state index contributed by atoms with van der Waals surface area (Å²) in [5, 5.41) is 15.2. The van der Waals surface area contributed by atoms with Gasteiger partial charge in [-0.05, 0) is 83.8 Å². The van der Waals surface area contributed by atoms with Gasteiger partial charge in [0.2, 0.25) is 0 Å². The maximum Gasteiger partial charge on any atom is 0.327 e. The third-order valence-electron chi connectivity index (χ3n) is 6.12. The Morgan fingerprint density at radius 1 is 1.20 bits per heavy atom. The van der Waals surface area contributed by atoms with Crippen molar-refractivity contribution < 1.29 is 9.53 Å². The van der Waals surface area contributed by atoms with Gasteiger partial charge in [-0.3, -0.25) is 14.5 Å². The van der Waals surface area contributed by atoms with Crippen molar-refractivity contribution in [1.82, 2.24) is 30.1 Å². The third kappa shape index (κ3) is 5.66. The lowest BCUT2D eigenvalue weighted by Gasteiger charge is -2.29. The number of esters is 1. The highest BCUT2D eigenvalue weighted by atomic mass is 32.1. The van der Waals surface area contributed by atoms with E-state index in [0.717, 1.165) is 21.3 Å². The number of hydrogen-bond acceptors (Lipinski definition) is 8. The molecule has 0 amide bonds. The summed E-state index contributed by atoms with van der Waals surface area (Å²) < 4.78 is 6.58. The molecule has 9 nitrogen and oxygen atoms in total. The Morgan fingerprint density at radius 3 is 2.71 bits per heavy atom. The Bertz CT molecular complexity index is 1360. The number of benzene rings is 1. The fourth-order valence-electron chi connectivity index (χ4n) is 4.23. The normalized spacial score (nSPS) is 12.4. The minimum atomic E-state index is -0.391. The maximum atomic E-state index is 13.1. The van der Waals surface area contributed by atoms with Crippen LogP contribution in [0, 0.1) is 13.8 Å². The summed E-state index contributed by atoms with van der Waals surface area (Å²) >= 11 is 1.66. The monoisotopic (exact) mass is 494 g/mol. The van der Waals surface area contributed by atoms with Crippen LogP contribution < -0.4 is 5.56 Å². The summed E-state index contributed by atoms with van der Waals surface area (Å²) in [5.41, 5.74) is 3.70. The number of ether oxygens (including phenoxy) is 1. The first-order valence-corrected chi connectivity index (χ1v) is 12.6. The Kier molecular flexibility index (Phi) is 7.72. The number of H-pyrrole nitrogens is 1. The summed E-state index contributed by atoms with van der Waals surface area (Å²) in [5.74, 6) is 0.179. The van der Waals surface area contributed by atoms with Gasteiger partial charge in [-0.1, -0.05) is 13.0 Å². The van der Waals surface area contributed by atoms with Gasteiger partial charge < -0.3 is 9.72 Å². The smallest absolute Gasteiger partial charge is 0.327 e. The molecule has 0 unspecified atom stereocenters. The number of pyridine rings is 1. The van der Waals surface area contributed by atoms with Crippen molar-refractivity contribution in [2.45, 2.75) is 59.8 Å². The second-order valence-electron chi connectivity index (χ2n) is 8.56. The van der Waals surface area contributed by atoms with E-state index < -0.39 is 5.97 Å². The van der Waals surface area contributed by atoms with Gasteiger partial charge >= 0.3 is 5.97 Å². The van der Waals surface area contributed by atoms with Gasteiger partial charge in [0.05, 0.1) is 12.6 Å². The summed E-state index contributed by atoms with van der Waals surface area (Å²) in [7, 11) is 0. The molecule has 184 valence electrons. The summed E-state index contributed by atoms with van der Waals surface area (Å²) in [4.78, 5) is 31.6. The molecule has 0 radical (unpaired) electrons. The van der Waals surface area contributed by atoms with Crippen LogP contribution >= 0.6 is 11.3 Å². The van der Waals surface area contributed by atoms with E-state index in [1.807, 2.05) is 37.4 Å². The van der Waals surface area contributed by atoms with Crippen molar-refractivity contribution in [3.63, 3.8) is 0 Å². The van der Waals surface area contributed by atoms with Crippen molar-refractivity contribution in [3.05, 3.63) is 73.5 Å². The van der Waals surface area contributed by atoms with Gasteiger partial charge in [0, 0.05) is 29.0 Å². The van der Waals surface area contributed by atoms with Crippen LogP contribution in [0.15, 0.2) is 40.5 Å². The second-order valence-corrected chi connectivity index (χ2v) is 9.59. The SMILES string of the molecule is CCOC(=O)Cn1nnnc1[C@@H](CC)N(Cc1cccs1)Cc1cc2cc(C)c(C)cc2[nH]c1=O. The van der Waals surface area contributed by atoms with E-state index >= 15 is 0 Å². The number of aromatic nitrogens is 5. The molecule has 35 heavy (non-hydrogen) atoms. The third-order valence-corrected chi connectivity index (χ3v) is 6.98. The van der Waals surface area contributed by atoms with Crippen LogP contribution in [0.3, 0.4) is 0 Å². The van der Waals surface area contributed by atoms with Gasteiger partial charge in [0.1, 0.15) is 6.54 Å². The highest BCUT2D eigenvalue weighted by Gasteiger charge is 2.27. The van der Waals surface area contributed by atoms with Crippen molar-refractivity contribution >= 4 is 28.2 Å². The van der Waals surface area contributed by atoms with Crippen LogP contribution in [0.4, 0.5) is 0 Å². The Hall–Kier alpha value is -3.37. The van der Waals surface area contributed by atoms with E-state index in [9.17, 15) is 9.59 Å². The molecule has 0 spiro atoms. The van der Waals surface area contributed by atoms with Crippen molar-refractivity contribution in [2.24, 2.45) is 0 Å². The van der Waals surface area contributed by atoms with Crippen LogP contribution in [0.2, 0.25) is 0 Å². The quantitative estimate of drug-likeness (QED) is 0.333. The summed E-state index contributed by atoms with van der Waals surface area (Å²) in [6, 6.07) is 9.95. The summed E-state index contributed by atoms with van der Waals surface area (Å²) in [6.45, 7) is 9.17. The Balaban J connectivity index is 1.71. The molecule has 4 aromatic rings. The van der Waals surface area contributed by atoms with Crippen molar-refractivity contribution in [2.75, 3.05) is 6.61 Å². The number of carbonyl (C=O) groups is 1. The van der Waals surface area contributed by atoms with Crippen LogP contribution in [0.5, 0.6) is 0 Å². The van der Waals surface area contributed by atoms with Crippen LogP contribution in [0.25, 0.3) is 10.9 Å².